The maximum atomic E-state index is 5.46. The van der Waals surface area contributed by atoms with E-state index in [1.807, 2.05) is 36.4 Å². The second kappa shape index (κ2) is 16.6. The minimum Gasteiger partial charge on any atom is -0.308 e. The Morgan fingerprint density at radius 3 is 1.00 bits per heavy atom. The Morgan fingerprint density at radius 1 is 0.237 bits per heavy atom. The molecule has 16 rings (SSSR count). The van der Waals surface area contributed by atoms with Gasteiger partial charge in [0.05, 0.1) is 55.5 Å². The van der Waals surface area contributed by atoms with E-state index in [2.05, 4.69) is 243 Å². The maximum absolute atomic E-state index is 5.46. The highest BCUT2D eigenvalue weighted by Crippen LogP contribution is 2.51. The van der Waals surface area contributed by atoms with Gasteiger partial charge in [0.2, 0.25) is 0 Å². The molecule has 354 valence electrons. The van der Waals surface area contributed by atoms with Gasteiger partial charge in [-0.15, -0.1) is 0 Å². The summed E-state index contributed by atoms with van der Waals surface area (Å²) in [5.41, 5.74) is 15.8. The lowest BCUT2D eigenvalue weighted by Crippen LogP contribution is -2.08. The normalized spacial score (nSPS) is 11.9. The van der Waals surface area contributed by atoms with Gasteiger partial charge in [-0.2, -0.15) is 0 Å². The van der Waals surface area contributed by atoms with E-state index in [1.54, 1.807) is 0 Å². The summed E-state index contributed by atoms with van der Waals surface area (Å²) in [6.07, 6.45) is 0. The van der Waals surface area contributed by atoms with Crippen LogP contribution in [0.25, 0.3) is 144 Å². The van der Waals surface area contributed by atoms with Gasteiger partial charge in [0.25, 0.3) is 0 Å². The lowest BCUT2D eigenvalue weighted by Gasteiger charge is -2.21. The first-order valence-electron chi connectivity index (χ1n) is 25.8. The first-order valence-corrected chi connectivity index (χ1v) is 25.8. The average molecular weight is 970 g/mol. The fraction of sp³-hybridized carbons (Fsp3) is 0. The van der Waals surface area contributed by atoms with Crippen molar-refractivity contribution >= 4 is 87.2 Å². The monoisotopic (exact) mass is 969 g/mol. The van der Waals surface area contributed by atoms with Gasteiger partial charge in [0.1, 0.15) is 0 Å². The molecule has 0 amide bonds. The second-order valence-electron chi connectivity index (χ2n) is 19.5. The fourth-order valence-corrected chi connectivity index (χ4v) is 12.3. The molecule has 0 saturated carbocycles. The molecule has 0 aliphatic rings. The van der Waals surface area contributed by atoms with E-state index in [-0.39, 0.29) is 0 Å². The molecule has 0 radical (unpaired) electrons. The largest absolute Gasteiger partial charge is 0.308 e. The Bertz CT molecular complexity index is 4790. The molecule has 0 unspecified atom stereocenters. The van der Waals surface area contributed by atoms with E-state index in [9.17, 15) is 0 Å². The quantitative estimate of drug-likeness (QED) is 0.160. The molecule has 0 N–H and O–H groups in total. The summed E-state index contributed by atoms with van der Waals surface area (Å²) in [6, 6.07) is 93.3. The number of aromatic nitrogens is 7. The Labute approximate surface area is 436 Å². The summed E-state index contributed by atoms with van der Waals surface area (Å²) < 4.78 is 10.0. The van der Waals surface area contributed by atoms with Crippen LogP contribution in [0.3, 0.4) is 0 Å². The average Bonchev–Trinajstić information content (AvgIpc) is 4.36. The van der Waals surface area contributed by atoms with Crippen molar-refractivity contribution in [3.8, 4) is 56.9 Å². The van der Waals surface area contributed by atoms with Gasteiger partial charge in [0, 0.05) is 71.2 Å². The number of benzene rings is 11. The third kappa shape index (κ3) is 6.08. The standard InChI is InChI=1S/C69H43N7/c1-5-24-44(25-6-1)67-70-68(45-26-7-2-8-27-45)72-69(71-67)53-37-23-43-59(63(53)75-54-38-18-13-32-48(54)49-33-14-19-39-55(49)75)76-58-42-22-17-36-52(58)62-65-60(50-34-15-20-40-56(50)73(65)46-28-9-3-10-29-46)64-61(66(62)76)51-35-16-21-41-57(51)74(64)47-30-11-4-12-31-47/h1-43H. The molecule has 0 atom stereocenters. The molecular formula is C69H43N7. The molecule has 76 heavy (non-hydrogen) atoms. The van der Waals surface area contributed by atoms with Gasteiger partial charge < -0.3 is 18.3 Å². The van der Waals surface area contributed by atoms with E-state index >= 15 is 0 Å². The Balaban J connectivity index is 1.16. The SMILES string of the molecule is c1ccc(-c2nc(-c3ccccc3)nc(-c3cccc(-n4c5ccccc5c5c6c(c7ccccc7n6-c6ccccc6)c6c(c7ccccc7n6-c6ccccc6)c54)c3-n3c4ccccc4c4ccccc43)n2)cc1. The van der Waals surface area contributed by atoms with Crippen LogP contribution < -0.4 is 0 Å². The van der Waals surface area contributed by atoms with Gasteiger partial charge in [-0.05, 0) is 66.7 Å². The van der Waals surface area contributed by atoms with Crippen molar-refractivity contribution in [1.29, 1.82) is 0 Å². The zero-order valence-electron chi connectivity index (χ0n) is 41.0. The Hall–Kier alpha value is -10.4. The highest BCUT2D eigenvalue weighted by atomic mass is 15.1. The number of hydrogen-bond acceptors (Lipinski definition) is 3. The van der Waals surface area contributed by atoms with Crippen LogP contribution in [0.5, 0.6) is 0 Å². The van der Waals surface area contributed by atoms with E-state index < -0.39 is 0 Å². The van der Waals surface area contributed by atoms with Crippen molar-refractivity contribution in [2.75, 3.05) is 0 Å². The van der Waals surface area contributed by atoms with E-state index in [0.717, 1.165) is 99.7 Å². The molecule has 5 heterocycles. The molecule has 0 bridgehead atoms. The Kier molecular flexibility index (Phi) is 9.20. The summed E-state index contributed by atoms with van der Waals surface area (Å²) in [7, 11) is 0. The fourth-order valence-electron chi connectivity index (χ4n) is 12.3. The minimum absolute atomic E-state index is 0.574. The summed E-state index contributed by atoms with van der Waals surface area (Å²) in [4.78, 5) is 16.1. The van der Waals surface area contributed by atoms with Crippen molar-refractivity contribution in [3.05, 3.63) is 261 Å². The third-order valence-corrected chi connectivity index (χ3v) is 15.4. The number of hydrogen-bond donors (Lipinski definition) is 0. The number of para-hydroxylation sites is 8. The molecule has 5 aromatic heterocycles. The summed E-state index contributed by atoms with van der Waals surface area (Å²) in [6.45, 7) is 0. The predicted octanol–water partition coefficient (Wildman–Crippen LogP) is 17.3. The maximum Gasteiger partial charge on any atom is 0.166 e. The Morgan fingerprint density at radius 2 is 0.566 bits per heavy atom. The highest BCUT2D eigenvalue weighted by Gasteiger charge is 2.31. The van der Waals surface area contributed by atoms with Crippen LogP contribution in [-0.2, 0) is 0 Å². The molecule has 0 spiro atoms. The van der Waals surface area contributed by atoms with Crippen molar-refractivity contribution in [3.63, 3.8) is 0 Å². The molecule has 0 aliphatic carbocycles. The van der Waals surface area contributed by atoms with Crippen LogP contribution in [-0.4, -0.2) is 33.2 Å². The molecule has 11 aromatic carbocycles. The van der Waals surface area contributed by atoms with Crippen LogP contribution >= 0.6 is 0 Å². The third-order valence-electron chi connectivity index (χ3n) is 15.4. The van der Waals surface area contributed by atoms with Gasteiger partial charge >= 0.3 is 0 Å². The van der Waals surface area contributed by atoms with Crippen LogP contribution in [0, 0.1) is 0 Å². The first kappa shape index (κ1) is 42.2. The zero-order chi connectivity index (χ0) is 49.8. The highest BCUT2D eigenvalue weighted by molar-refractivity contribution is 6.40. The molecule has 0 fully saturated rings. The van der Waals surface area contributed by atoms with Crippen LogP contribution in [0.15, 0.2) is 261 Å². The summed E-state index contributed by atoms with van der Waals surface area (Å²) >= 11 is 0. The van der Waals surface area contributed by atoms with Crippen LogP contribution in [0.4, 0.5) is 0 Å². The number of nitrogens with zero attached hydrogens (tertiary/aromatic N) is 7. The predicted molar refractivity (Wildman–Crippen MR) is 313 cm³/mol. The molecule has 7 nitrogen and oxygen atoms in total. The van der Waals surface area contributed by atoms with Gasteiger partial charge in [-0.1, -0.05) is 194 Å². The van der Waals surface area contributed by atoms with Crippen molar-refractivity contribution in [2.24, 2.45) is 0 Å². The second-order valence-corrected chi connectivity index (χ2v) is 19.5. The van der Waals surface area contributed by atoms with Crippen molar-refractivity contribution in [2.45, 2.75) is 0 Å². The minimum atomic E-state index is 0.574. The van der Waals surface area contributed by atoms with Gasteiger partial charge in [-0.3, -0.25) is 0 Å². The first-order chi connectivity index (χ1) is 37.8. The lowest BCUT2D eigenvalue weighted by molar-refractivity contribution is 1.05. The van der Waals surface area contributed by atoms with Gasteiger partial charge in [-0.25, -0.2) is 15.0 Å². The van der Waals surface area contributed by atoms with E-state index in [1.165, 1.54) is 26.9 Å². The summed E-state index contributed by atoms with van der Waals surface area (Å²) in [5.74, 6) is 1.78. The zero-order valence-corrected chi connectivity index (χ0v) is 41.0. The lowest BCUT2D eigenvalue weighted by atomic mass is 10.0. The molecule has 0 saturated heterocycles. The summed E-state index contributed by atoms with van der Waals surface area (Å²) in [5, 5.41) is 9.38. The van der Waals surface area contributed by atoms with Gasteiger partial charge in [0.15, 0.2) is 17.5 Å². The van der Waals surface area contributed by atoms with Crippen LogP contribution in [0.2, 0.25) is 0 Å². The molecule has 7 heteroatoms. The van der Waals surface area contributed by atoms with E-state index in [0.29, 0.717) is 17.5 Å². The molecule has 0 aliphatic heterocycles. The van der Waals surface area contributed by atoms with Crippen molar-refractivity contribution in [1.82, 2.24) is 33.2 Å². The number of fused-ring (bicyclic) bond motifs is 15. The van der Waals surface area contributed by atoms with E-state index in [4.69, 9.17) is 15.0 Å². The van der Waals surface area contributed by atoms with Crippen LogP contribution in [0.1, 0.15) is 0 Å². The molecule has 16 aromatic rings. The van der Waals surface area contributed by atoms with Crippen molar-refractivity contribution < 1.29 is 0 Å². The topological polar surface area (TPSA) is 58.4 Å². The molecular weight excluding hydrogens is 927 g/mol. The number of rotatable bonds is 7. The smallest absolute Gasteiger partial charge is 0.166 e.